The summed E-state index contributed by atoms with van der Waals surface area (Å²) in [6.07, 6.45) is 0. The molecule has 136 valence electrons. The van der Waals surface area contributed by atoms with Gasteiger partial charge in [0.25, 0.3) is 5.56 Å². The number of rotatable bonds is 5. The SMILES string of the molecule is CCOC(=O)c1sc2nc(CSc3ccc(F)c(F)c3)[nH]c(=O)c2c1C. The molecule has 0 saturated carbocycles. The molecule has 3 aromatic rings. The fourth-order valence-corrected chi connectivity index (χ4v) is 4.25. The summed E-state index contributed by atoms with van der Waals surface area (Å²) in [5, 5.41) is 0.361. The third kappa shape index (κ3) is 3.63. The number of aromatic nitrogens is 2. The lowest BCUT2D eigenvalue weighted by Crippen LogP contribution is -2.11. The van der Waals surface area contributed by atoms with Gasteiger partial charge >= 0.3 is 5.97 Å². The third-order valence-corrected chi connectivity index (χ3v) is 5.75. The fourth-order valence-electron chi connectivity index (χ4n) is 2.37. The Labute approximate surface area is 155 Å². The largest absolute Gasteiger partial charge is 0.462 e. The van der Waals surface area contributed by atoms with Gasteiger partial charge in [0.2, 0.25) is 0 Å². The second-order valence-corrected chi connectivity index (χ2v) is 7.38. The van der Waals surface area contributed by atoms with Gasteiger partial charge in [-0.15, -0.1) is 23.1 Å². The van der Waals surface area contributed by atoms with E-state index in [0.29, 0.717) is 31.4 Å². The van der Waals surface area contributed by atoms with E-state index < -0.39 is 17.6 Å². The molecule has 0 spiro atoms. The van der Waals surface area contributed by atoms with Crippen molar-refractivity contribution in [2.45, 2.75) is 24.5 Å². The van der Waals surface area contributed by atoms with E-state index in [1.165, 1.54) is 17.8 Å². The molecule has 0 bridgehead atoms. The zero-order valence-corrected chi connectivity index (χ0v) is 15.5. The number of esters is 1. The van der Waals surface area contributed by atoms with E-state index in [0.717, 1.165) is 23.5 Å². The molecule has 2 aromatic heterocycles. The highest BCUT2D eigenvalue weighted by atomic mass is 32.2. The Bertz CT molecular complexity index is 1050. The number of carbonyl (C=O) groups is 1. The fraction of sp³-hybridized carbons (Fsp3) is 0.235. The van der Waals surface area contributed by atoms with Gasteiger partial charge in [0.15, 0.2) is 11.6 Å². The van der Waals surface area contributed by atoms with Crippen molar-refractivity contribution < 1.29 is 18.3 Å². The lowest BCUT2D eigenvalue weighted by molar-refractivity contribution is 0.0531. The topological polar surface area (TPSA) is 72.0 Å². The quantitative estimate of drug-likeness (QED) is 0.521. The van der Waals surface area contributed by atoms with Crippen LogP contribution >= 0.6 is 23.1 Å². The lowest BCUT2D eigenvalue weighted by atomic mass is 10.2. The second kappa shape index (κ2) is 7.55. The molecular weight excluding hydrogens is 382 g/mol. The molecule has 0 fully saturated rings. The number of thioether (sulfide) groups is 1. The first-order chi connectivity index (χ1) is 12.4. The average molecular weight is 396 g/mol. The molecule has 0 aliphatic carbocycles. The number of ether oxygens (including phenoxy) is 1. The minimum Gasteiger partial charge on any atom is -0.462 e. The van der Waals surface area contributed by atoms with Gasteiger partial charge in [-0.25, -0.2) is 18.6 Å². The van der Waals surface area contributed by atoms with E-state index in [1.54, 1.807) is 13.8 Å². The highest BCUT2D eigenvalue weighted by molar-refractivity contribution is 7.98. The summed E-state index contributed by atoms with van der Waals surface area (Å²) in [7, 11) is 0. The molecule has 0 saturated heterocycles. The monoisotopic (exact) mass is 396 g/mol. The minimum absolute atomic E-state index is 0.242. The van der Waals surface area contributed by atoms with Crippen LogP contribution in [0.25, 0.3) is 10.2 Å². The first-order valence-corrected chi connectivity index (χ1v) is 9.48. The summed E-state index contributed by atoms with van der Waals surface area (Å²) in [5.41, 5.74) is 0.192. The van der Waals surface area contributed by atoms with Crippen LogP contribution in [0, 0.1) is 18.6 Å². The maximum Gasteiger partial charge on any atom is 0.348 e. The molecule has 3 rings (SSSR count). The summed E-state index contributed by atoms with van der Waals surface area (Å²) in [4.78, 5) is 32.7. The zero-order chi connectivity index (χ0) is 18.8. The molecule has 0 radical (unpaired) electrons. The highest BCUT2D eigenvalue weighted by Crippen LogP contribution is 2.29. The van der Waals surface area contributed by atoms with Gasteiger partial charge < -0.3 is 9.72 Å². The summed E-state index contributed by atoms with van der Waals surface area (Å²) in [6, 6.07) is 3.59. The van der Waals surface area contributed by atoms with Crippen molar-refractivity contribution in [1.82, 2.24) is 9.97 Å². The third-order valence-electron chi connectivity index (χ3n) is 3.58. The van der Waals surface area contributed by atoms with Crippen molar-refractivity contribution in [2.24, 2.45) is 0 Å². The second-order valence-electron chi connectivity index (χ2n) is 5.33. The molecular formula is C17H14F2N2O3S2. The first-order valence-electron chi connectivity index (χ1n) is 7.68. The molecule has 1 aromatic carbocycles. The molecule has 1 N–H and O–H groups in total. The van der Waals surface area contributed by atoms with Crippen LogP contribution in [-0.2, 0) is 10.5 Å². The number of hydrogen-bond donors (Lipinski definition) is 1. The number of fused-ring (bicyclic) bond motifs is 1. The maximum absolute atomic E-state index is 13.3. The standard InChI is InChI=1S/C17H14F2N2O3S2/c1-3-24-17(23)14-8(2)13-15(22)20-12(21-16(13)26-14)7-25-9-4-5-10(18)11(19)6-9/h4-6H,3,7H2,1-2H3,(H,20,21,22). The summed E-state index contributed by atoms with van der Waals surface area (Å²) in [6.45, 7) is 3.63. The van der Waals surface area contributed by atoms with E-state index in [9.17, 15) is 18.4 Å². The number of hydrogen-bond acceptors (Lipinski definition) is 6. The summed E-state index contributed by atoms with van der Waals surface area (Å²) < 4.78 is 31.2. The van der Waals surface area contributed by atoms with Crippen LogP contribution in [0.4, 0.5) is 8.78 Å². The van der Waals surface area contributed by atoms with Crippen LogP contribution in [0.3, 0.4) is 0 Å². The van der Waals surface area contributed by atoms with Crippen molar-refractivity contribution in [3.8, 4) is 0 Å². The van der Waals surface area contributed by atoms with Crippen LogP contribution in [0.1, 0.15) is 28.0 Å². The van der Waals surface area contributed by atoms with Crippen molar-refractivity contribution in [2.75, 3.05) is 6.61 Å². The highest BCUT2D eigenvalue weighted by Gasteiger charge is 2.20. The van der Waals surface area contributed by atoms with E-state index in [-0.39, 0.29) is 17.9 Å². The Morgan fingerprint density at radius 3 is 2.81 bits per heavy atom. The number of benzene rings is 1. The van der Waals surface area contributed by atoms with Crippen molar-refractivity contribution in [3.05, 3.63) is 56.5 Å². The van der Waals surface area contributed by atoms with Gasteiger partial charge in [-0.2, -0.15) is 0 Å². The molecule has 0 unspecified atom stereocenters. The molecule has 2 heterocycles. The van der Waals surface area contributed by atoms with Gasteiger partial charge in [0.1, 0.15) is 15.5 Å². The molecule has 0 amide bonds. The minimum atomic E-state index is -0.931. The molecule has 0 aliphatic rings. The number of aryl methyl sites for hydroxylation is 1. The van der Waals surface area contributed by atoms with Crippen molar-refractivity contribution in [3.63, 3.8) is 0 Å². The lowest BCUT2D eigenvalue weighted by Gasteiger charge is -2.02. The Morgan fingerprint density at radius 2 is 2.12 bits per heavy atom. The number of nitrogens with one attached hydrogen (secondary N) is 1. The Morgan fingerprint density at radius 1 is 1.35 bits per heavy atom. The number of nitrogens with zero attached hydrogens (tertiary/aromatic N) is 1. The average Bonchev–Trinajstić information content (AvgIpc) is 2.93. The van der Waals surface area contributed by atoms with Crippen LogP contribution in [0.2, 0.25) is 0 Å². The summed E-state index contributed by atoms with van der Waals surface area (Å²) in [5.74, 6) is -1.68. The molecule has 9 heteroatoms. The number of halogens is 2. The normalized spacial score (nSPS) is 11.1. The van der Waals surface area contributed by atoms with Gasteiger partial charge in [-0.1, -0.05) is 0 Å². The predicted molar refractivity (Wildman–Crippen MR) is 96.9 cm³/mol. The van der Waals surface area contributed by atoms with Crippen LogP contribution in [0.5, 0.6) is 0 Å². The smallest absolute Gasteiger partial charge is 0.348 e. The van der Waals surface area contributed by atoms with Crippen LogP contribution < -0.4 is 5.56 Å². The van der Waals surface area contributed by atoms with Crippen molar-refractivity contribution >= 4 is 39.3 Å². The van der Waals surface area contributed by atoms with Gasteiger partial charge in [-0.05, 0) is 37.6 Å². The molecule has 26 heavy (non-hydrogen) atoms. The van der Waals surface area contributed by atoms with Crippen LogP contribution in [-0.4, -0.2) is 22.5 Å². The van der Waals surface area contributed by atoms with Gasteiger partial charge in [-0.3, -0.25) is 4.79 Å². The number of thiophene rings is 1. The Balaban J connectivity index is 1.89. The molecule has 5 nitrogen and oxygen atoms in total. The van der Waals surface area contributed by atoms with Gasteiger partial charge in [0, 0.05) is 4.90 Å². The van der Waals surface area contributed by atoms with E-state index >= 15 is 0 Å². The van der Waals surface area contributed by atoms with E-state index in [4.69, 9.17) is 4.74 Å². The van der Waals surface area contributed by atoms with Crippen molar-refractivity contribution in [1.29, 1.82) is 0 Å². The Hall–Kier alpha value is -2.26. The van der Waals surface area contributed by atoms with Crippen LogP contribution in [0.15, 0.2) is 27.9 Å². The van der Waals surface area contributed by atoms with Gasteiger partial charge in [0.05, 0.1) is 17.7 Å². The number of carbonyl (C=O) groups excluding carboxylic acids is 1. The maximum atomic E-state index is 13.3. The molecule has 0 aliphatic heterocycles. The Kier molecular flexibility index (Phi) is 5.38. The number of aromatic amines is 1. The summed E-state index contributed by atoms with van der Waals surface area (Å²) >= 11 is 2.31. The molecule has 0 atom stereocenters. The zero-order valence-electron chi connectivity index (χ0n) is 13.9. The van der Waals surface area contributed by atoms with E-state index in [2.05, 4.69) is 9.97 Å². The predicted octanol–water partition coefficient (Wildman–Crippen LogP) is 4.04. The van der Waals surface area contributed by atoms with E-state index in [1.807, 2.05) is 0 Å². The number of H-pyrrole nitrogens is 1. The first kappa shape index (κ1) is 18.5.